The second-order valence-electron chi connectivity index (χ2n) is 5.87. The van der Waals surface area contributed by atoms with Gasteiger partial charge in [0.1, 0.15) is 0 Å². The van der Waals surface area contributed by atoms with Crippen molar-refractivity contribution >= 4 is 29.1 Å². The fourth-order valence-corrected chi connectivity index (χ4v) is 2.80. The van der Waals surface area contributed by atoms with Gasteiger partial charge in [-0.2, -0.15) is 0 Å². The van der Waals surface area contributed by atoms with Crippen LogP contribution in [0.4, 0.5) is 5.69 Å². The van der Waals surface area contributed by atoms with Crippen molar-refractivity contribution in [2.24, 2.45) is 0 Å². The first-order chi connectivity index (χ1) is 12.5. The molecule has 1 atom stereocenters. The van der Waals surface area contributed by atoms with E-state index in [1.807, 2.05) is 19.1 Å². The molecule has 2 rings (SSSR count). The van der Waals surface area contributed by atoms with Crippen molar-refractivity contribution in [2.45, 2.75) is 32.9 Å². The van der Waals surface area contributed by atoms with Crippen LogP contribution in [0.15, 0.2) is 42.6 Å². The Morgan fingerprint density at radius 1 is 1.31 bits per heavy atom. The third-order valence-electron chi connectivity index (χ3n) is 3.96. The summed E-state index contributed by atoms with van der Waals surface area (Å²) >= 11 is 6.23. The van der Waals surface area contributed by atoms with E-state index in [-0.39, 0.29) is 41.6 Å². The third kappa shape index (κ3) is 5.03. The normalized spacial score (nSPS) is 11.7. The van der Waals surface area contributed by atoms with E-state index in [1.165, 1.54) is 6.92 Å². The van der Waals surface area contributed by atoms with Crippen molar-refractivity contribution in [1.82, 2.24) is 9.88 Å². The summed E-state index contributed by atoms with van der Waals surface area (Å²) in [5.41, 5.74) is 1.46. The highest BCUT2D eigenvalue weighted by atomic mass is 35.5. The Hall–Kier alpha value is -2.44. The molecule has 138 valence electrons. The van der Waals surface area contributed by atoms with E-state index in [2.05, 4.69) is 10.3 Å². The number of rotatable bonds is 7. The number of hydrogen-bond donors (Lipinski definition) is 2. The van der Waals surface area contributed by atoms with E-state index in [4.69, 9.17) is 11.6 Å². The highest BCUT2D eigenvalue weighted by Crippen LogP contribution is 2.24. The molecule has 1 aromatic carbocycles. The van der Waals surface area contributed by atoms with E-state index < -0.39 is 0 Å². The summed E-state index contributed by atoms with van der Waals surface area (Å²) in [4.78, 5) is 30.2. The first-order valence-corrected chi connectivity index (χ1v) is 8.73. The summed E-state index contributed by atoms with van der Waals surface area (Å²) in [6, 6.07) is 9.83. The maximum atomic E-state index is 13.2. The molecule has 26 heavy (non-hydrogen) atoms. The maximum absolute atomic E-state index is 13.2. The molecule has 2 N–H and O–H groups in total. The van der Waals surface area contributed by atoms with Crippen molar-refractivity contribution in [2.75, 3.05) is 11.9 Å². The van der Waals surface area contributed by atoms with Gasteiger partial charge in [0.05, 0.1) is 35.5 Å². The topological polar surface area (TPSA) is 82.5 Å². The van der Waals surface area contributed by atoms with Crippen LogP contribution in [0.2, 0.25) is 5.02 Å². The summed E-state index contributed by atoms with van der Waals surface area (Å²) in [5.74, 6) is -0.563. The molecule has 0 saturated heterocycles. The second-order valence-corrected chi connectivity index (χ2v) is 6.28. The zero-order chi connectivity index (χ0) is 19.1. The lowest BCUT2D eigenvalue weighted by Crippen LogP contribution is -2.42. The molecule has 1 aromatic heterocycles. The number of benzene rings is 1. The van der Waals surface area contributed by atoms with Crippen molar-refractivity contribution in [3.05, 3.63) is 58.9 Å². The van der Waals surface area contributed by atoms with Gasteiger partial charge in [-0.3, -0.25) is 14.6 Å². The first kappa shape index (κ1) is 19.9. The van der Waals surface area contributed by atoms with Crippen LogP contribution in [-0.2, 0) is 11.3 Å². The molecule has 0 aliphatic rings. The molecule has 7 heteroatoms. The third-order valence-corrected chi connectivity index (χ3v) is 4.29. The van der Waals surface area contributed by atoms with Crippen molar-refractivity contribution < 1.29 is 14.7 Å². The van der Waals surface area contributed by atoms with Gasteiger partial charge in [-0.15, -0.1) is 0 Å². The Morgan fingerprint density at radius 3 is 2.65 bits per heavy atom. The second kappa shape index (κ2) is 9.31. The molecule has 0 spiro atoms. The number of aliphatic hydroxyl groups excluding tert-OH is 1. The number of aliphatic hydroxyl groups is 1. The minimum atomic E-state index is -0.370. The Bertz CT molecular complexity index is 764. The van der Waals surface area contributed by atoms with Gasteiger partial charge in [-0.1, -0.05) is 24.6 Å². The molecule has 0 aliphatic carbocycles. The smallest absolute Gasteiger partial charge is 0.256 e. The van der Waals surface area contributed by atoms with Crippen LogP contribution in [0.1, 0.15) is 36.3 Å². The van der Waals surface area contributed by atoms with Gasteiger partial charge in [0.15, 0.2) is 0 Å². The minimum absolute atomic E-state index is 0.169. The number of nitrogens with one attached hydrogen (secondary N) is 1. The first-order valence-electron chi connectivity index (χ1n) is 8.35. The molecule has 6 nitrogen and oxygen atoms in total. The van der Waals surface area contributed by atoms with Gasteiger partial charge in [0.2, 0.25) is 5.91 Å². The Morgan fingerprint density at radius 2 is 2.08 bits per heavy atom. The zero-order valence-corrected chi connectivity index (χ0v) is 15.5. The number of halogens is 1. The van der Waals surface area contributed by atoms with Crippen LogP contribution in [0.25, 0.3) is 0 Å². The van der Waals surface area contributed by atoms with Crippen molar-refractivity contribution in [1.29, 1.82) is 0 Å². The number of hydrogen-bond acceptors (Lipinski definition) is 4. The Balaban J connectivity index is 2.37. The number of anilines is 1. The van der Waals surface area contributed by atoms with Gasteiger partial charge in [-0.25, -0.2) is 0 Å². The summed E-state index contributed by atoms with van der Waals surface area (Å²) in [6.07, 6.45) is 2.24. The number of amides is 2. The summed E-state index contributed by atoms with van der Waals surface area (Å²) < 4.78 is 0. The van der Waals surface area contributed by atoms with Crippen molar-refractivity contribution in [3.8, 4) is 0 Å². The monoisotopic (exact) mass is 375 g/mol. The number of carbonyl (C=O) groups is 2. The molecule has 1 heterocycles. The van der Waals surface area contributed by atoms with Crippen LogP contribution in [0.3, 0.4) is 0 Å². The van der Waals surface area contributed by atoms with Gasteiger partial charge in [-0.05, 0) is 36.8 Å². The maximum Gasteiger partial charge on any atom is 0.256 e. The molecule has 0 bridgehead atoms. The van der Waals surface area contributed by atoms with Crippen LogP contribution < -0.4 is 5.32 Å². The summed E-state index contributed by atoms with van der Waals surface area (Å²) in [7, 11) is 0. The molecule has 0 fully saturated rings. The summed E-state index contributed by atoms with van der Waals surface area (Å²) in [5, 5.41) is 12.6. The summed E-state index contributed by atoms with van der Waals surface area (Å²) in [6.45, 7) is 3.37. The fraction of sp³-hybridized carbons (Fsp3) is 0.316. The largest absolute Gasteiger partial charge is 0.394 e. The predicted molar refractivity (Wildman–Crippen MR) is 101 cm³/mol. The predicted octanol–water partition coefficient (Wildman–Crippen LogP) is 3.11. The number of nitrogens with zero attached hydrogens (tertiary/aromatic N) is 2. The SMILES string of the molecule is CCC(CO)N(Cc1ccccn1)C(=O)c1cc(NC(C)=O)ccc1Cl. The number of pyridine rings is 1. The van der Waals surface area contributed by atoms with Gasteiger partial charge >= 0.3 is 0 Å². The molecule has 1 unspecified atom stereocenters. The molecule has 0 saturated carbocycles. The average Bonchev–Trinajstić information content (AvgIpc) is 2.63. The number of aromatic nitrogens is 1. The number of carbonyl (C=O) groups excluding carboxylic acids is 2. The molecule has 2 amide bonds. The van der Waals surface area contributed by atoms with E-state index >= 15 is 0 Å². The zero-order valence-electron chi connectivity index (χ0n) is 14.8. The van der Waals surface area contributed by atoms with Gasteiger partial charge < -0.3 is 15.3 Å². The Labute approximate surface area is 157 Å². The lowest BCUT2D eigenvalue weighted by molar-refractivity contribution is -0.114. The molecular formula is C19H22ClN3O3. The molecule has 0 radical (unpaired) electrons. The van der Waals surface area contributed by atoms with Crippen LogP contribution in [-0.4, -0.2) is 39.5 Å². The Kier molecular flexibility index (Phi) is 7.12. The van der Waals surface area contributed by atoms with E-state index in [9.17, 15) is 14.7 Å². The van der Waals surface area contributed by atoms with Gasteiger partial charge in [0.25, 0.3) is 5.91 Å². The highest BCUT2D eigenvalue weighted by Gasteiger charge is 2.25. The van der Waals surface area contributed by atoms with Gasteiger partial charge in [0, 0.05) is 18.8 Å². The lowest BCUT2D eigenvalue weighted by Gasteiger charge is -2.30. The van der Waals surface area contributed by atoms with Crippen LogP contribution >= 0.6 is 11.6 Å². The quantitative estimate of drug-likeness (QED) is 0.779. The molecule has 2 aromatic rings. The standard InChI is InChI=1S/C19H22ClN3O3/c1-3-16(12-24)23(11-15-6-4-5-9-21-15)19(26)17-10-14(22-13(2)25)7-8-18(17)20/h4-10,16,24H,3,11-12H2,1-2H3,(H,22,25). The molecule has 0 aliphatic heterocycles. The van der Waals surface area contributed by atoms with E-state index in [0.717, 1.165) is 0 Å². The average molecular weight is 376 g/mol. The van der Waals surface area contributed by atoms with Crippen LogP contribution in [0, 0.1) is 0 Å². The lowest BCUT2D eigenvalue weighted by atomic mass is 10.1. The fourth-order valence-electron chi connectivity index (χ4n) is 2.61. The van der Waals surface area contributed by atoms with Crippen LogP contribution in [0.5, 0.6) is 0 Å². The van der Waals surface area contributed by atoms with E-state index in [0.29, 0.717) is 17.8 Å². The molecular weight excluding hydrogens is 354 g/mol. The van der Waals surface area contributed by atoms with Crippen molar-refractivity contribution in [3.63, 3.8) is 0 Å². The minimum Gasteiger partial charge on any atom is -0.394 e. The highest BCUT2D eigenvalue weighted by molar-refractivity contribution is 6.34. The van der Waals surface area contributed by atoms with E-state index in [1.54, 1.807) is 35.4 Å².